The molecule has 0 heterocycles. The van der Waals surface area contributed by atoms with Gasteiger partial charge in [0.15, 0.2) is 0 Å². The van der Waals surface area contributed by atoms with Crippen LogP contribution < -0.4 is 5.73 Å². The molecular weight excluding hydrogens is 208 g/mol. The van der Waals surface area contributed by atoms with E-state index in [-0.39, 0.29) is 5.54 Å². The van der Waals surface area contributed by atoms with E-state index in [0.717, 1.165) is 13.0 Å². The van der Waals surface area contributed by atoms with E-state index in [0.29, 0.717) is 6.54 Å². The Morgan fingerprint density at radius 2 is 2.06 bits per heavy atom. The Morgan fingerprint density at radius 1 is 1.35 bits per heavy atom. The highest BCUT2D eigenvalue weighted by atomic mass is 15.2. The van der Waals surface area contributed by atoms with E-state index < -0.39 is 0 Å². The maximum absolute atomic E-state index is 5.94. The molecule has 17 heavy (non-hydrogen) atoms. The average Bonchev–Trinajstić information content (AvgIpc) is 2.29. The number of hydrogen-bond acceptors (Lipinski definition) is 2. The smallest absolute Gasteiger partial charge is 0.0304 e. The van der Waals surface area contributed by atoms with E-state index in [9.17, 15) is 0 Å². The minimum absolute atomic E-state index is 0.110. The van der Waals surface area contributed by atoms with Gasteiger partial charge in [-0.3, -0.25) is 4.90 Å². The van der Waals surface area contributed by atoms with Gasteiger partial charge in [0.1, 0.15) is 0 Å². The summed E-state index contributed by atoms with van der Waals surface area (Å²) in [4.78, 5) is 2.38. The number of nitrogens with two attached hydrogens (primary N) is 1. The quantitative estimate of drug-likeness (QED) is 0.820. The first-order valence-electron chi connectivity index (χ1n) is 6.48. The Balaban J connectivity index is 2.73. The lowest BCUT2D eigenvalue weighted by Crippen LogP contribution is -2.49. The average molecular weight is 234 g/mol. The van der Waals surface area contributed by atoms with Gasteiger partial charge in [-0.1, -0.05) is 43.2 Å². The lowest BCUT2D eigenvalue weighted by molar-refractivity contribution is 0.125. The third-order valence-corrected chi connectivity index (χ3v) is 3.65. The summed E-state index contributed by atoms with van der Waals surface area (Å²) in [5, 5.41) is 0. The zero-order valence-corrected chi connectivity index (χ0v) is 11.7. The molecule has 96 valence electrons. The number of hydrogen-bond donors (Lipinski definition) is 1. The summed E-state index contributed by atoms with van der Waals surface area (Å²) in [7, 11) is 2.17. The third-order valence-electron chi connectivity index (χ3n) is 3.65. The van der Waals surface area contributed by atoms with Crippen molar-refractivity contribution in [2.75, 3.05) is 13.6 Å². The van der Waals surface area contributed by atoms with Crippen molar-refractivity contribution >= 4 is 0 Å². The molecule has 1 aromatic rings. The topological polar surface area (TPSA) is 29.3 Å². The highest BCUT2D eigenvalue weighted by Crippen LogP contribution is 2.21. The summed E-state index contributed by atoms with van der Waals surface area (Å²) < 4.78 is 0. The third kappa shape index (κ3) is 3.83. The largest absolute Gasteiger partial charge is 0.329 e. The van der Waals surface area contributed by atoms with E-state index in [4.69, 9.17) is 5.73 Å². The van der Waals surface area contributed by atoms with Crippen LogP contribution in [0.2, 0.25) is 0 Å². The molecule has 1 atom stereocenters. The van der Waals surface area contributed by atoms with Gasteiger partial charge in [-0.25, -0.2) is 0 Å². The van der Waals surface area contributed by atoms with Gasteiger partial charge in [-0.15, -0.1) is 0 Å². The second-order valence-electron chi connectivity index (χ2n) is 5.30. The molecule has 0 aliphatic heterocycles. The van der Waals surface area contributed by atoms with Gasteiger partial charge < -0.3 is 5.73 Å². The molecular formula is C15H26N2. The first-order valence-corrected chi connectivity index (χ1v) is 6.48. The van der Waals surface area contributed by atoms with E-state index in [2.05, 4.69) is 57.0 Å². The van der Waals surface area contributed by atoms with Crippen LogP contribution in [0.15, 0.2) is 24.3 Å². The molecule has 0 amide bonds. The van der Waals surface area contributed by atoms with Crippen molar-refractivity contribution in [3.05, 3.63) is 35.4 Å². The zero-order chi connectivity index (χ0) is 12.9. The summed E-state index contributed by atoms with van der Waals surface area (Å²) in [6, 6.07) is 8.70. The fourth-order valence-electron chi connectivity index (χ4n) is 2.26. The Hall–Kier alpha value is -0.860. The van der Waals surface area contributed by atoms with Crippen molar-refractivity contribution in [1.29, 1.82) is 0 Å². The molecule has 0 aliphatic rings. The van der Waals surface area contributed by atoms with Crippen LogP contribution in [-0.4, -0.2) is 24.0 Å². The monoisotopic (exact) mass is 234 g/mol. The van der Waals surface area contributed by atoms with Crippen molar-refractivity contribution < 1.29 is 0 Å². The molecule has 2 heteroatoms. The Kier molecular flexibility index (Phi) is 5.16. The predicted octanol–water partition coefficient (Wildman–Crippen LogP) is 2.94. The summed E-state index contributed by atoms with van der Waals surface area (Å²) >= 11 is 0. The fourth-order valence-corrected chi connectivity index (χ4v) is 2.26. The van der Waals surface area contributed by atoms with Gasteiger partial charge in [0.05, 0.1) is 0 Å². The molecule has 0 spiro atoms. The van der Waals surface area contributed by atoms with E-state index >= 15 is 0 Å². The van der Waals surface area contributed by atoms with Crippen LogP contribution in [-0.2, 0) is 6.54 Å². The predicted molar refractivity (Wildman–Crippen MR) is 75.0 cm³/mol. The second-order valence-corrected chi connectivity index (χ2v) is 5.30. The number of rotatable bonds is 6. The number of aryl methyl sites for hydroxylation is 1. The molecule has 2 N–H and O–H groups in total. The van der Waals surface area contributed by atoms with Gasteiger partial charge in [-0.05, 0) is 32.9 Å². The first-order chi connectivity index (χ1) is 8.01. The van der Waals surface area contributed by atoms with Gasteiger partial charge in [-0.2, -0.15) is 0 Å². The molecule has 1 rings (SSSR count). The minimum Gasteiger partial charge on any atom is -0.329 e. The number of likely N-dealkylation sites (N-methyl/N-ethyl adjacent to an activating group) is 1. The van der Waals surface area contributed by atoms with Crippen LogP contribution in [0.4, 0.5) is 0 Å². The van der Waals surface area contributed by atoms with Gasteiger partial charge in [0, 0.05) is 18.6 Å². The van der Waals surface area contributed by atoms with Crippen molar-refractivity contribution in [3.8, 4) is 0 Å². The number of benzene rings is 1. The molecule has 0 saturated heterocycles. The van der Waals surface area contributed by atoms with Gasteiger partial charge >= 0.3 is 0 Å². The van der Waals surface area contributed by atoms with E-state index in [1.54, 1.807) is 0 Å². The van der Waals surface area contributed by atoms with Crippen LogP contribution in [0.25, 0.3) is 0 Å². The molecule has 0 saturated carbocycles. The van der Waals surface area contributed by atoms with E-state index in [1.165, 1.54) is 17.5 Å². The molecule has 0 radical (unpaired) electrons. The summed E-state index contributed by atoms with van der Waals surface area (Å²) in [6.07, 6.45) is 2.32. The maximum atomic E-state index is 5.94. The highest BCUT2D eigenvalue weighted by molar-refractivity contribution is 5.22. The lowest BCUT2D eigenvalue weighted by Gasteiger charge is -2.38. The van der Waals surface area contributed by atoms with Crippen LogP contribution in [0.5, 0.6) is 0 Å². The van der Waals surface area contributed by atoms with Crippen LogP contribution in [0.3, 0.4) is 0 Å². The van der Waals surface area contributed by atoms with Crippen LogP contribution >= 0.6 is 0 Å². The van der Waals surface area contributed by atoms with E-state index in [1.807, 2.05) is 0 Å². The maximum Gasteiger partial charge on any atom is 0.0304 e. The minimum atomic E-state index is 0.110. The summed E-state index contributed by atoms with van der Waals surface area (Å²) in [5.74, 6) is 0. The Labute approximate surface area is 106 Å². The van der Waals surface area contributed by atoms with Crippen molar-refractivity contribution in [1.82, 2.24) is 4.90 Å². The SMILES string of the molecule is CCCC(C)(CN)N(C)Cc1cccc(C)c1. The molecule has 0 fully saturated rings. The second kappa shape index (κ2) is 6.18. The van der Waals surface area contributed by atoms with Crippen molar-refractivity contribution in [3.63, 3.8) is 0 Å². The summed E-state index contributed by atoms with van der Waals surface area (Å²) in [5.41, 5.74) is 8.73. The van der Waals surface area contributed by atoms with Crippen LogP contribution in [0.1, 0.15) is 37.8 Å². The summed E-state index contributed by atoms with van der Waals surface area (Å²) in [6.45, 7) is 8.29. The Morgan fingerprint density at radius 3 is 2.59 bits per heavy atom. The zero-order valence-electron chi connectivity index (χ0n) is 11.7. The molecule has 0 bridgehead atoms. The highest BCUT2D eigenvalue weighted by Gasteiger charge is 2.26. The van der Waals surface area contributed by atoms with Crippen molar-refractivity contribution in [2.45, 2.75) is 45.7 Å². The van der Waals surface area contributed by atoms with Gasteiger partial charge in [0.2, 0.25) is 0 Å². The van der Waals surface area contributed by atoms with Gasteiger partial charge in [0.25, 0.3) is 0 Å². The standard InChI is InChI=1S/C15H26N2/c1-5-9-15(3,12-16)17(4)11-14-8-6-7-13(2)10-14/h6-8,10H,5,9,11-12,16H2,1-4H3. The molecule has 0 aliphatic carbocycles. The normalized spacial score (nSPS) is 14.9. The Bertz CT molecular complexity index is 349. The molecule has 0 aromatic heterocycles. The number of nitrogens with zero attached hydrogens (tertiary/aromatic N) is 1. The molecule has 1 unspecified atom stereocenters. The first kappa shape index (κ1) is 14.2. The van der Waals surface area contributed by atoms with Crippen molar-refractivity contribution in [2.24, 2.45) is 5.73 Å². The fraction of sp³-hybridized carbons (Fsp3) is 0.600. The lowest BCUT2D eigenvalue weighted by atomic mass is 9.94. The molecule has 2 nitrogen and oxygen atoms in total. The molecule has 1 aromatic carbocycles. The van der Waals surface area contributed by atoms with Crippen LogP contribution in [0, 0.1) is 6.92 Å².